The van der Waals surface area contributed by atoms with E-state index in [0.29, 0.717) is 13.0 Å². The van der Waals surface area contributed by atoms with Crippen LogP contribution in [-0.2, 0) is 4.79 Å². The van der Waals surface area contributed by atoms with Gasteiger partial charge in [-0.05, 0) is 20.3 Å². The lowest BCUT2D eigenvalue weighted by atomic mass is 10.1. The first-order chi connectivity index (χ1) is 6.33. The van der Waals surface area contributed by atoms with Crippen LogP contribution in [0.25, 0.3) is 0 Å². The highest BCUT2D eigenvalue weighted by Gasteiger charge is 2.67. The number of alkyl halides is 2. The van der Waals surface area contributed by atoms with Crippen molar-refractivity contribution < 1.29 is 4.79 Å². The van der Waals surface area contributed by atoms with Crippen LogP contribution in [0.4, 0.5) is 0 Å². The van der Waals surface area contributed by atoms with Crippen molar-refractivity contribution in [1.82, 2.24) is 5.32 Å². The summed E-state index contributed by atoms with van der Waals surface area (Å²) in [5.41, 5.74) is -0.689. The van der Waals surface area contributed by atoms with Gasteiger partial charge in [-0.2, -0.15) is 5.26 Å². The van der Waals surface area contributed by atoms with Gasteiger partial charge in [-0.15, -0.1) is 23.2 Å². The molecule has 5 heteroatoms. The van der Waals surface area contributed by atoms with Crippen LogP contribution >= 0.6 is 23.2 Å². The predicted octanol–water partition coefficient (Wildman–Crippen LogP) is 1.85. The normalized spacial score (nSPS) is 30.2. The van der Waals surface area contributed by atoms with Gasteiger partial charge in [-0.25, -0.2) is 0 Å². The first kappa shape index (κ1) is 11.6. The molecule has 2 atom stereocenters. The summed E-state index contributed by atoms with van der Waals surface area (Å²) in [5, 5.41) is 11.2. The second kappa shape index (κ2) is 3.60. The van der Waals surface area contributed by atoms with E-state index in [-0.39, 0.29) is 11.8 Å². The summed E-state index contributed by atoms with van der Waals surface area (Å²) in [4.78, 5) is 11.6. The van der Waals surface area contributed by atoms with Crippen molar-refractivity contribution in [1.29, 1.82) is 5.26 Å². The number of carbonyl (C=O) groups excluding carboxylic acids is 1. The Labute approximate surface area is 93.4 Å². The Morgan fingerprint density at radius 3 is 2.57 bits per heavy atom. The second-order valence-electron chi connectivity index (χ2n) is 3.95. The SMILES string of the molecule is C[C@@H](C#N)CNC(=O)[C@]1(C)CC1(Cl)Cl. The van der Waals surface area contributed by atoms with Crippen LogP contribution < -0.4 is 5.32 Å². The molecule has 0 saturated heterocycles. The third kappa shape index (κ3) is 1.97. The summed E-state index contributed by atoms with van der Waals surface area (Å²) in [5.74, 6) is -0.369. The molecule has 1 saturated carbocycles. The van der Waals surface area contributed by atoms with Crippen molar-refractivity contribution in [2.45, 2.75) is 24.6 Å². The van der Waals surface area contributed by atoms with Gasteiger partial charge >= 0.3 is 0 Å². The zero-order valence-electron chi connectivity index (χ0n) is 8.10. The monoisotopic (exact) mass is 234 g/mol. The highest BCUT2D eigenvalue weighted by molar-refractivity contribution is 6.53. The van der Waals surface area contributed by atoms with Gasteiger partial charge in [-0.3, -0.25) is 4.79 Å². The van der Waals surface area contributed by atoms with Crippen LogP contribution in [0.3, 0.4) is 0 Å². The van der Waals surface area contributed by atoms with E-state index in [1.165, 1.54) is 0 Å². The minimum Gasteiger partial charge on any atom is -0.354 e. The lowest BCUT2D eigenvalue weighted by molar-refractivity contribution is -0.125. The van der Waals surface area contributed by atoms with Crippen molar-refractivity contribution in [3.8, 4) is 6.07 Å². The van der Waals surface area contributed by atoms with Gasteiger partial charge in [0, 0.05) is 6.54 Å². The van der Waals surface area contributed by atoms with Crippen molar-refractivity contribution >= 4 is 29.1 Å². The molecule has 1 aliphatic rings. The molecule has 1 amide bonds. The van der Waals surface area contributed by atoms with Crippen molar-refractivity contribution in [2.75, 3.05) is 6.54 Å². The maximum Gasteiger partial charge on any atom is 0.229 e. The molecular formula is C9H12Cl2N2O. The molecule has 0 heterocycles. The fourth-order valence-corrected chi connectivity index (χ4v) is 1.84. The molecule has 0 aromatic heterocycles. The van der Waals surface area contributed by atoms with Gasteiger partial charge in [0.25, 0.3) is 0 Å². The minimum atomic E-state index is -0.938. The lowest BCUT2D eigenvalue weighted by Crippen LogP contribution is -2.35. The van der Waals surface area contributed by atoms with Gasteiger partial charge in [0.15, 0.2) is 0 Å². The molecule has 0 unspecified atom stereocenters. The van der Waals surface area contributed by atoms with Crippen molar-refractivity contribution in [2.24, 2.45) is 11.3 Å². The van der Waals surface area contributed by atoms with Crippen LogP contribution in [0.15, 0.2) is 0 Å². The summed E-state index contributed by atoms with van der Waals surface area (Å²) < 4.78 is -0.938. The average Bonchev–Trinajstić information content (AvgIpc) is 2.62. The molecule has 3 nitrogen and oxygen atoms in total. The standard InChI is InChI=1S/C9H12Cl2N2O/c1-6(3-12)4-13-7(14)8(2)5-9(8,10)11/h6H,4-5H2,1-2H3,(H,13,14)/t6-,8-/m0/s1. The van der Waals surface area contributed by atoms with Crippen molar-refractivity contribution in [3.05, 3.63) is 0 Å². The fourth-order valence-electron chi connectivity index (χ4n) is 1.13. The minimum absolute atomic E-state index is 0.176. The number of hydrogen-bond donors (Lipinski definition) is 1. The van der Waals surface area contributed by atoms with E-state index in [4.69, 9.17) is 28.5 Å². The van der Waals surface area contributed by atoms with E-state index in [1.54, 1.807) is 13.8 Å². The molecular weight excluding hydrogens is 223 g/mol. The first-order valence-electron chi connectivity index (χ1n) is 4.39. The van der Waals surface area contributed by atoms with Crippen LogP contribution in [0.2, 0.25) is 0 Å². The Bertz CT molecular complexity index is 298. The number of nitrogens with zero attached hydrogens (tertiary/aromatic N) is 1. The number of rotatable bonds is 3. The summed E-state index contributed by atoms with van der Waals surface area (Å²) in [6, 6.07) is 2.03. The van der Waals surface area contributed by atoms with Gasteiger partial charge in [0.2, 0.25) is 5.91 Å². The molecule has 0 aromatic rings. The number of hydrogen-bond acceptors (Lipinski definition) is 2. The molecule has 0 spiro atoms. The van der Waals surface area contributed by atoms with E-state index in [1.807, 2.05) is 6.07 Å². The van der Waals surface area contributed by atoms with Crippen LogP contribution in [-0.4, -0.2) is 16.8 Å². The van der Waals surface area contributed by atoms with E-state index in [0.717, 1.165) is 0 Å². The fraction of sp³-hybridized carbons (Fsp3) is 0.778. The number of nitrogens with one attached hydrogen (secondary N) is 1. The number of halogens is 2. The molecule has 0 aromatic carbocycles. The largest absolute Gasteiger partial charge is 0.354 e. The molecule has 1 fully saturated rings. The maximum absolute atomic E-state index is 11.6. The third-order valence-electron chi connectivity index (χ3n) is 2.55. The molecule has 1 N–H and O–H groups in total. The number of carbonyl (C=O) groups is 1. The Balaban J connectivity index is 2.43. The number of amides is 1. The highest BCUT2D eigenvalue weighted by Crippen LogP contribution is 2.63. The molecule has 14 heavy (non-hydrogen) atoms. The summed E-state index contributed by atoms with van der Waals surface area (Å²) in [7, 11) is 0. The van der Waals surface area contributed by atoms with Gasteiger partial charge in [-0.1, -0.05) is 0 Å². The van der Waals surface area contributed by atoms with Crippen LogP contribution in [0.1, 0.15) is 20.3 Å². The molecule has 0 aliphatic heterocycles. The first-order valence-corrected chi connectivity index (χ1v) is 5.15. The van der Waals surface area contributed by atoms with Gasteiger partial charge in [0.05, 0.1) is 17.4 Å². The lowest BCUT2D eigenvalue weighted by Gasteiger charge is -2.12. The molecule has 78 valence electrons. The summed E-state index contributed by atoms with van der Waals surface area (Å²) >= 11 is 11.7. The van der Waals surface area contributed by atoms with Gasteiger partial charge < -0.3 is 5.32 Å². The van der Waals surface area contributed by atoms with Gasteiger partial charge in [0.1, 0.15) is 4.33 Å². The summed E-state index contributed by atoms with van der Waals surface area (Å²) in [6.07, 6.45) is 0.468. The predicted molar refractivity (Wildman–Crippen MR) is 54.9 cm³/mol. The maximum atomic E-state index is 11.6. The molecule has 0 radical (unpaired) electrons. The third-order valence-corrected chi connectivity index (χ3v) is 3.65. The Morgan fingerprint density at radius 1 is 1.71 bits per heavy atom. The number of nitriles is 1. The Kier molecular flexibility index (Phi) is 2.99. The second-order valence-corrected chi connectivity index (χ2v) is 5.44. The smallest absolute Gasteiger partial charge is 0.229 e. The summed E-state index contributed by atoms with van der Waals surface area (Å²) in [6.45, 7) is 3.80. The van der Waals surface area contributed by atoms with E-state index < -0.39 is 9.75 Å². The van der Waals surface area contributed by atoms with Crippen LogP contribution in [0, 0.1) is 22.7 Å². The van der Waals surface area contributed by atoms with Crippen molar-refractivity contribution in [3.63, 3.8) is 0 Å². The molecule has 1 rings (SSSR count). The average molecular weight is 235 g/mol. The molecule has 0 bridgehead atoms. The zero-order valence-corrected chi connectivity index (χ0v) is 9.61. The van der Waals surface area contributed by atoms with E-state index in [9.17, 15) is 4.79 Å². The Morgan fingerprint density at radius 2 is 2.21 bits per heavy atom. The highest BCUT2D eigenvalue weighted by atomic mass is 35.5. The van der Waals surface area contributed by atoms with E-state index >= 15 is 0 Å². The topological polar surface area (TPSA) is 52.9 Å². The quantitative estimate of drug-likeness (QED) is 0.759. The van der Waals surface area contributed by atoms with Crippen LogP contribution in [0.5, 0.6) is 0 Å². The van der Waals surface area contributed by atoms with E-state index in [2.05, 4.69) is 5.32 Å². The molecule has 1 aliphatic carbocycles. The zero-order chi connectivity index (χ0) is 11.0. The Hall–Kier alpha value is -0.460.